The number of rotatable bonds is 6. The molecule has 1 rings (SSSR count). The number of halogens is 3. The Morgan fingerprint density at radius 1 is 1.33 bits per heavy atom. The molecular weight excluding hydrogens is 311 g/mol. The Labute approximate surface area is 121 Å². The molecule has 21 heavy (non-hydrogen) atoms. The van der Waals surface area contributed by atoms with Crippen LogP contribution >= 0.6 is 0 Å². The Balaban J connectivity index is 3.28. The van der Waals surface area contributed by atoms with Gasteiger partial charge in [-0.3, -0.25) is 0 Å². The van der Waals surface area contributed by atoms with E-state index in [4.69, 9.17) is 9.84 Å². The van der Waals surface area contributed by atoms with E-state index < -0.39 is 22.7 Å². The predicted octanol–water partition coefficient (Wildman–Crippen LogP) is 1.76. The molecule has 1 aromatic rings. The molecule has 5 nitrogen and oxygen atoms in total. The lowest BCUT2D eigenvalue weighted by Crippen LogP contribution is -2.38. The van der Waals surface area contributed by atoms with E-state index >= 15 is 0 Å². The second-order valence-electron chi connectivity index (χ2n) is 4.19. The summed E-state index contributed by atoms with van der Waals surface area (Å²) in [5.74, 6) is -0.109. The first kappa shape index (κ1) is 17.7. The van der Waals surface area contributed by atoms with Crippen LogP contribution in [0.1, 0.15) is 12.5 Å². The maximum atomic E-state index is 12.5. The van der Waals surface area contributed by atoms with Crippen LogP contribution in [0, 0.1) is 0 Å². The second kappa shape index (κ2) is 6.63. The van der Waals surface area contributed by atoms with Gasteiger partial charge >= 0.3 is 6.18 Å². The molecule has 0 fully saturated rings. The number of benzene rings is 1. The SMILES string of the molecule is CCN(CC(F)(F)F)S(=O)(=O)c1ccc(CO)cc1OC. The predicted molar refractivity (Wildman–Crippen MR) is 69.4 cm³/mol. The van der Waals surface area contributed by atoms with Crippen molar-refractivity contribution in [2.45, 2.75) is 24.6 Å². The normalized spacial score (nSPS) is 12.7. The summed E-state index contributed by atoms with van der Waals surface area (Å²) in [6.07, 6.45) is -4.64. The molecule has 0 saturated heterocycles. The van der Waals surface area contributed by atoms with Crippen LogP contribution in [0.4, 0.5) is 13.2 Å². The lowest BCUT2D eigenvalue weighted by molar-refractivity contribution is -0.135. The van der Waals surface area contributed by atoms with Crippen LogP contribution < -0.4 is 4.74 Å². The standard InChI is InChI=1S/C12H16F3NO4S/c1-3-16(8-12(13,14)15)21(18,19)11-5-4-9(7-17)6-10(11)20-2/h4-6,17H,3,7-8H2,1-2H3. The minimum Gasteiger partial charge on any atom is -0.495 e. The second-order valence-corrected chi connectivity index (χ2v) is 6.10. The van der Waals surface area contributed by atoms with Crippen molar-refractivity contribution in [3.05, 3.63) is 23.8 Å². The lowest BCUT2D eigenvalue weighted by atomic mass is 10.2. The first-order chi connectivity index (χ1) is 9.65. The zero-order valence-corrected chi connectivity index (χ0v) is 12.3. The van der Waals surface area contributed by atoms with Gasteiger partial charge in [0, 0.05) is 6.54 Å². The summed E-state index contributed by atoms with van der Waals surface area (Å²) in [5.41, 5.74) is 0.393. The minimum absolute atomic E-state index is 0.109. The fourth-order valence-electron chi connectivity index (χ4n) is 1.73. The smallest absolute Gasteiger partial charge is 0.402 e. The van der Waals surface area contributed by atoms with E-state index in [1.54, 1.807) is 0 Å². The van der Waals surface area contributed by atoms with E-state index in [9.17, 15) is 21.6 Å². The number of hydrogen-bond donors (Lipinski definition) is 1. The Bertz CT molecular complexity index is 587. The zero-order chi connectivity index (χ0) is 16.3. The van der Waals surface area contributed by atoms with Crippen LogP contribution in [0.15, 0.2) is 23.1 Å². The van der Waals surface area contributed by atoms with Gasteiger partial charge in [0.1, 0.15) is 17.2 Å². The molecule has 0 aliphatic heterocycles. The zero-order valence-electron chi connectivity index (χ0n) is 11.5. The molecule has 0 atom stereocenters. The number of ether oxygens (including phenoxy) is 1. The Morgan fingerprint density at radius 3 is 2.38 bits per heavy atom. The van der Waals surface area contributed by atoms with E-state index in [0.29, 0.717) is 9.87 Å². The van der Waals surface area contributed by atoms with Crippen molar-refractivity contribution in [2.75, 3.05) is 20.2 Å². The van der Waals surface area contributed by atoms with Gasteiger partial charge in [0.05, 0.1) is 13.7 Å². The van der Waals surface area contributed by atoms with Crippen LogP contribution in [0.3, 0.4) is 0 Å². The van der Waals surface area contributed by atoms with Crippen molar-refractivity contribution >= 4 is 10.0 Å². The van der Waals surface area contributed by atoms with Crippen molar-refractivity contribution in [1.29, 1.82) is 0 Å². The maximum absolute atomic E-state index is 12.5. The Hall–Kier alpha value is -1.32. The van der Waals surface area contributed by atoms with Crippen LogP contribution in [-0.4, -0.2) is 44.2 Å². The first-order valence-electron chi connectivity index (χ1n) is 6.00. The van der Waals surface area contributed by atoms with Gasteiger partial charge in [-0.05, 0) is 17.7 Å². The Morgan fingerprint density at radius 2 is 1.95 bits per heavy atom. The molecule has 120 valence electrons. The molecule has 0 aromatic heterocycles. The molecule has 1 aromatic carbocycles. The van der Waals surface area contributed by atoms with Gasteiger partial charge in [0.2, 0.25) is 10.0 Å². The molecule has 1 N–H and O–H groups in total. The van der Waals surface area contributed by atoms with Gasteiger partial charge in [0.15, 0.2) is 0 Å². The fourth-order valence-corrected chi connectivity index (χ4v) is 3.30. The van der Waals surface area contributed by atoms with Gasteiger partial charge in [-0.15, -0.1) is 0 Å². The van der Waals surface area contributed by atoms with Crippen LogP contribution in [0.2, 0.25) is 0 Å². The summed E-state index contributed by atoms with van der Waals surface area (Å²) in [4.78, 5) is -0.367. The minimum atomic E-state index is -4.64. The highest BCUT2D eigenvalue weighted by Crippen LogP contribution is 2.29. The van der Waals surface area contributed by atoms with Crippen molar-refractivity contribution < 1.29 is 31.4 Å². The number of sulfonamides is 1. The lowest BCUT2D eigenvalue weighted by Gasteiger charge is -2.23. The topological polar surface area (TPSA) is 66.8 Å². The summed E-state index contributed by atoms with van der Waals surface area (Å²) in [5, 5.41) is 9.00. The third-order valence-electron chi connectivity index (χ3n) is 2.74. The highest BCUT2D eigenvalue weighted by Gasteiger charge is 2.37. The molecule has 0 bridgehead atoms. The highest BCUT2D eigenvalue weighted by atomic mass is 32.2. The molecule has 0 unspecified atom stereocenters. The third kappa shape index (κ3) is 4.32. The summed E-state index contributed by atoms with van der Waals surface area (Å²) >= 11 is 0. The molecule has 0 saturated carbocycles. The van der Waals surface area contributed by atoms with Crippen LogP contribution in [0.5, 0.6) is 5.75 Å². The molecule has 0 aliphatic rings. The van der Waals surface area contributed by atoms with E-state index in [2.05, 4.69) is 0 Å². The number of hydrogen-bond acceptors (Lipinski definition) is 4. The number of aliphatic hydroxyl groups excluding tert-OH is 1. The Kier molecular flexibility index (Phi) is 5.60. The van der Waals surface area contributed by atoms with Crippen molar-refractivity contribution in [2.24, 2.45) is 0 Å². The maximum Gasteiger partial charge on any atom is 0.402 e. The van der Waals surface area contributed by atoms with E-state index in [1.165, 1.54) is 26.2 Å². The van der Waals surface area contributed by atoms with Gasteiger partial charge < -0.3 is 9.84 Å². The quantitative estimate of drug-likeness (QED) is 0.864. The molecule has 9 heteroatoms. The van der Waals surface area contributed by atoms with Crippen molar-refractivity contribution in [3.63, 3.8) is 0 Å². The first-order valence-corrected chi connectivity index (χ1v) is 7.44. The summed E-state index contributed by atoms with van der Waals surface area (Å²) in [6.45, 7) is -0.919. The monoisotopic (exact) mass is 327 g/mol. The van der Waals surface area contributed by atoms with Gasteiger partial charge in [0.25, 0.3) is 0 Å². The van der Waals surface area contributed by atoms with Crippen molar-refractivity contribution in [3.8, 4) is 5.75 Å². The molecular formula is C12H16F3NO4S. The fraction of sp³-hybridized carbons (Fsp3) is 0.500. The largest absolute Gasteiger partial charge is 0.495 e. The van der Waals surface area contributed by atoms with E-state index in [-0.39, 0.29) is 23.8 Å². The third-order valence-corrected chi connectivity index (χ3v) is 4.70. The molecule has 0 amide bonds. The van der Waals surface area contributed by atoms with Gasteiger partial charge in [-0.1, -0.05) is 13.0 Å². The average Bonchev–Trinajstić information content (AvgIpc) is 2.42. The van der Waals surface area contributed by atoms with E-state index in [1.807, 2.05) is 0 Å². The van der Waals surface area contributed by atoms with Crippen molar-refractivity contribution in [1.82, 2.24) is 4.31 Å². The number of methoxy groups -OCH3 is 1. The van der Waals surface area contributed by atoms with E-state index in [0.717, 1.165) is 6.07 Å². The number of nitrogens with zero attached hydrogens (tertiary/aromatic N) is 1. The molecule has 0 spiro atoms. The number of aliphatic hydroxyl groups is 1. The average molecular weight is 327 g/mol. The number of alkyl halides is 3. The van der Waals surface area contributed by atoms with Crippen LogP contribution in [-0.2, 0) is 16.6 Å². The van der Waals surface area contributed by atoms with Crippen LogP contribution in [0.25, 0.3) is 0 Å². The van der Waals surface area contributed by atoms with Gasteiger partial charge in [-0.2, -0.15) is 17.5 Å². The summed E-state index contributed by atoms with van der Waals surface area (Å²) in [6, 6.07) is 3.71. The molecule has 0 heterocycles. The van der Waals surface area contributed by atoms with Gasteiger partial charge in [-0.25, -0.2) is 8.42 Å². The molecule has 0 aliphatic carbocycles. The summed E-state index contributed by atoms with van der Waals surface area (Å²) in [7, 11) is -3.14. The molecule has 0 radical (unpaired) electrons. The summed E-state index contributed by atoms with van der Waals surface area (Å²) < 4.78 is 67.2. The highest BCUT2D eigenvalue weighted by molar-refractivity contribution is 7.89.